The number of nitrogens with zero attached hydrogens (tertiary/aromatic N) is 2. The van der Waals surface area contributed by atoms with Crippen LogP contribution in [0.4, 0.5) is 0 Å². The summed E-state index contributed by atoms with van der Waals surface area (Å²) < 4.78 is 10.9. The lowest BCUT2D eigenvalue weighted by Gasteiger charge is -2.29. The van der Waals surface area contributed by atoms with E-state index in [1.807, 2.05) is 14.1 Å². The molecule has 0 radical (unpaired) electrons. The highest BCUT2D eigenvalue weighted by atomic mass is 35.5. The predicted molar refractivity (Wildman–Crippen MR) is 87.1 cm³/mol. The van der Waals surface area contributed by atoms with Gasteiger partial charge in [0.05, 0.1) is 0 Å². The molecule has 2 unspecified atom stereocenters. The summed E-state index contributed by atoms with van der Waals surface area (Å²) in [7, 11) is 4.08. The van der Waals surface area contributed by atoms with Gasteiger partial charge in [-0.3, -0.25) is 9.59 Å². The second-order valence-electron chi connectivity index (χ2n) is 6.89. The van der Waals surface area contributed by atoms with E-state index in [9.17, 15) is 9.59 Å². The van der Waals surface area contributed by atoms with Crippen molar-refractivity contribution in [2.75, 3.05) is 40.3 Å². The summed E-state index contributed by atoms with van der Waals surface area (Å²) in [5, 5.41) is 0. The fourth-order valence-corrected chi connectivity index (χ4v) is 3.30. The van der Waals surface area contributed by atoms with Crippen LogP contribution in [0.25, 0.3) is 0 Å². The van der Waals surface area contributed by atoms with Gasteiger partial charge in [0, 0.05) is 25.9 Å². The van der Waals surface area contributed by atoms with Gasteiger partial charge in [-0.1, -0.05) is 0 Å². The molecule has 0 spiro atoms. The molecule has 2 aliphatic heterocycles. The van der Waals surface area contributed by atoms with E-state index in [-0.39, 0.29) is 36.6 Å². The van der Waals surface area contributed by atoms with Crippen molar-refractivity contribution in [3.63, 3.8) is 0 Å². The van der Waals surface area contributed by atoms with Crippen molar-refractivity contribution in [1.29, 1.82) is 0 Å². The van der Waals surface area contributed by atoms with Gasteiger partial charge in [-0.15, -0.1) is 0 Å². The van der Waals surface area contributed by atoms with Crippen LogP contribution in [-0.2, 0) is 19.1 Å². The highest BCUT2D eigenvalue weighted by molar-refractivity contribution is 5.72. The molecule has 0 aromatic heterocycles. The molecule has 6 nitrogen and oxygen atoms in total. The quantitative estimate of drug-likeness (QED) is 0.533. The molecular weight excluding hydrogens is 332 g/mol. The van der Waals surface area contributed by atoms with E-state index < -0.39 is 0 Å². The Morgan fingerprint density at radius 3 is 1.67 bits per heavy atom. The molecule has 2 rings (SSSR count). The maximum absolute atomic E-state index is 11.8. The molecule has 0 amide bonds. The Morgan fingerprint density at radius 1 is 0.875 bits per heavy atom. The average molecular weight is 362 g/mol. The molecule has 140 valence electrons. The van der Waals surface area contributed by atoms with Gasteiger partial charge >= 0.3 is 11.9 Å². The van der Waals surface area contributed by atoms with Crippen LogP contribution < -0.4 is 12.4 Å². The van der Waals surface area contributed by atoms with E-state index in [1.54, 1.807) is 0 Å². The standard InChI is InChI=1S/C17H30N2O4.ClH/c1-18-10-4-6-14(12-18)22-16(20)8-3-9-17(21)23-15-7-5-11-19(2)13-15;/h14-15H,3-13H2,1-2H3;1H/p-1. The van der Waals surface area contributed by atoms with E-state index in [0.29, 0.717) is 19.3 Å². The van der Waals surface area contributed by atoms with Crippen molar-refractivity contribution in [1.82, 2.24) is 9.80 Å². The molecule has 0 bridgehead atoms. The molecule has 0 saturated carbocycles. The molecule has 2 fully saturated rings. The summed E-state index contributed by atoms with van der Waals surface area (Å²) in [6.45, 7) is 3.75. The first-order chi connectivity index (χ1) is 11.0. The first-order valence-electron chi connectivity index (χ1n) is 8.79. The third-order valence-corrected chi connectivity index (χ3v) is 4.52. The van der Waals surface area contributed by atoms with Crippen molar-refractivity contribution in [2.24, 2.45) is 0 Å². The van der Waals surface area contributed by atoms with Crippen molar-refractivity contribution in [3.8, 4) is 0 Å². The summed E-state index contributed by atoms with van der Waals surface area (Å²) in [6.07, 6.45) is 5.10. The van der Waals surface area contributed by atoms with Crippen LogP contribution in [0, 0.1) is 0 Å². The highest BCUT2D eigenvalue weighted by Gasteiger charge is 2.22. The number of hydrogen-bond acceptors (Lipinski definition) is 6. The molecule has 2 saturated heterocycles. The number of halogens is 1. The first-order valence-corrected chi connectivity index (χ1v) is 8.79. The summed E-state index contributed by atoms with van der Waals surface area (Å²) in [6, 6.07) is 0. The molecular formula is C17H30ClN2O4-. The number of carbonyl (C=O) groups excluding carboxylic acids is 2. The number of likely N-dealkylation sites (tertiary alicyclic amines) is 2. The second kappa shape index (κ2) is 10.9. The van der Waals surface area contributed by atoms with E-state index >= 15 is 0 Å². The zero-order valence-corrected chi connectivity index (χ0v) is 15.6. The normalized spacial score (nSPS) is 25.6. The Bertz CT molecular complexity index is 372. The third-order valence-electron chi connectivity index (χ3n) is 4.52. The first kappa shape index (κ1) is 21.2. The van der Waals surface area contributed by atoms with Crippen molar-refractivity contribution < 1.29 is 31.5 Å². The van der Waals surface area contributed by atoms with Gasteiger partial charge in [-0.2, -0.15) is 0 Å². The summed E-state index contributed by atoms with van der Waals surface area (Å²) in [4.78, 5) is 28.0. The Hall–Kier alpha value is -0.850. The van der Waals surface area contributed by atoms with Crippen LogP contribution >= 0.6 is 0 Å². The SMILES string of the molecule is CN1CCCC(OC(=O)CCCC(=O)OC2CCCN(C)C2)C1.[Cl-]. The predicted octanol–water partition coefficient (Wildman–Crippen LogP) is -1.56. The number of hydrogen-bond donors (Lipinski definition) is 0. The fraction of sp³-hybridized carbons (Fsp3) is 0.882. The number of ether oxygens (including phenoxy) is 2. The Labute approximate surface area is 151 Å². The van der Waals surface area contributed by atoms with Crippen molar-refractivity contribution >= 4 is 11.9 Å². The van der Waals surface area contributed by atoms with Crippen LogP contribution in [0.15, 0.2) is 0 Å². The van der Waals surface area contributed by atoms with Gasteiger partial charge in [-0.25, -0.2) is 0 Å². The van der Waals surface area contributed by atoms with Crippen LogP contribution in [-0.4, -0.2) is 74.2 Å². The molecule has 2 heterocycles. The number of rotatable bonds is 6. The van der Waals surface area contributed by atoms with Crippen LogP contribution in [0.3, 0.4) is 0 Å². The summed E-state index contributed by atoms with van der Waals surface area (Å²) in [5.41, 5.74) is 0. The second-order valence-corrected chi connectivity index (χ2v) is 6.89. The van der Waals surface area contributed by atoms with E-state index in [2.05, 4.69) is 9.80 Å². The largest absolute Gasteiger partial charge is 1.00 e. The minimum atomic E-state index is -0.199. The number of piperidine rings is 2. The van der Waals surface area contributed by atoms with Gasteiger partial charge in [0.1, 0.15) is 12.2 Å². The molecule has 2 aliphatic rings. The lowest BCUT2D eigenvalue weighted by atomic mass is 10.1. The Morgan fingerprint density at radius 2 is 1.29 bits per heavy atom. The monoisotopic (exact) mass is 361 g/mol. The molecule has 0 aromatic carbocycles. The zero-order chi connectivity index (χ0) is 16.7. The molecule has 24 heavy (non-hydrogen) atoms. The van der Waals surface area contributed by atoms with Gasteiger partial charge in [-0.05, 0) is 59.3 Å². The summed E-state index contributed by atoms with van der Waals surface area (Å²) >= 11 is 0. The summed E-state index contributed by atoms with van der Waals surface area (Å²) in [5.74, 6) is -0.397. The number of likely N-dealkylation sites (N-methyl/N-ethyl adjacent to an activating group) is 2. The minimum Gasteiger partial charge on any atom is -1.00 e. The van der Waals surface area contributed by atoms with Crippen LogP contribution in [0.2, 0.25) is 0 Å². The van der Waals surface area contributed by atoms with E-state index in [1.165, 1.54) is 0 Å². The third kappa shape index (κ3) is 7.81. The van der Waals surface area contributed by atoms with Crippen LogP contribution in [0.5, 0.6) is 0 Å². The van der Waals surface area contributed by atoms with Gasteiger partial charge in [0.25, 0.3) is 0 Å². The molecule has 7 heteroatoms. The zero-order valence-electron chi connectivity index (χ0n) is 14.8. The van der Waals surface area contributed by atoms with Crippen molar-refractivity contribution in [2.45, 2.75) is 57.2 Å². The minimum absolute atomic E-state index is 0. The highest BCUT2D eigenvalue weighted by Crippen LogP contribution is 2.15. The van der Waals surface area contributed by atoms with Gasteiger partial charge in [0.2, 0.25) is 0 Å². The van der Waals surface area contributed by atoms with E-state index in [4.69, 9.17) is 9.47 Å². The maximum Gasteiger partial charge on any atom is 0.306 e. The smallest absolute Gasteiger partial charge is 0.306 e. The van der Waals surface area contributed by atoms with Crippen LogP contribution in [0.1, 0.15) is 44.9 Å². The van der Waals surface area contributed by atoms with Gasteiger partial charge in [0.15, 0.2) is 0 Å². The molecule has 0 N–H and O–H groups in total. The maximum atomic E-state index is 11.8. The lowest BCUT2D eigenvalue weighted by molar-refractivity contribution is -0.153. The Balaban J connectivity index is 0.00000288. The molecule has 0 aliphatic carbocycles. The average Bonchev–Trinajstić information content (AvgIpc) is 2.47. The number of carbonyl (C=O) groups is 2. The molecule has 0 aromatic rings. The number of esters is 2. The van der Waals surface area contributed by atoms with Gasteiger partial charge < -0.3 is 31.7 Å². The Kier molecular flexibility index (Phi) is 9.63. The molecule has 2 atom stereocenters. The lowest BCUT2D eigenvalue weighted by Crippen LogP contribution is -3.00. The van der Waals surface area contributed by atoms with Crippen molar-refractivity contribution in [3.05, 3.63) is 0 Å². The topological polar surface area (TPSA) is 59.1 Å². The van der Waals surface area contributed by atoms with E-state index in [0.717, 1.165) is 51.9 Å². The fourth-order valence-electron chi connectivity index (χ4n) is 3.30.